The lowest BCUT2D eigenvalue weighted by molar-refractivity contribution is -0.384. The highest BCUT2D eigenvalue weighted by molar-refractivity contribution is 5.90. The number of rotatable bonds is 3. The van der Waals surface area contributed by atoms with Crippen molar-refractivity contribution in [1.29, 1.82) is 0 Å². The molecule has 0 unspecified atom stereocenters. The third-order valence-corrected chi connectivity index (χ3v) is 3.20. The molecule has 0 aliphatic carbocycles. The first-order valence-corrected chi connectivity index (χ1v) is 6.76. The van der Waals surface area contributed by atoms with E-state index in [1.54, 1.807) is 0 Å². The van der Waals surface area contributed by atoms with Crippen LogP contribution in [0.5, 0.6) is 0 Å². The van der Waals surface area contributed by atoms with Gasteiger partial charge in [-0.25, -0.2) is 4.79 Å². The molecule has 0 amide bonds. The van der Waals surface area contributed by atoms with Crippen molar-refractivity contribution < 1.29 is 19.0 Å². The zero-order chi connectivity index (χ0) is 17.4. The largest absolute Gasteiger partial charge is 0.465 e. The van der Waals surface area contributed by atoms with Gasteiger partial charge in [-0.05, 0) is 12.1 Å². The molecule has 0 aliphatic rings. The molecule has 1 aromatic carbocycles. The van der Waals surface area contributed by atoms with Gasteiger partial charge < -0.3 is 9.26 Å². The second-order valence-corrected chi connectivity index (χ2v) is 5.93. The van der Waals surface area contributed by atoms with E-state index in [0.717, 1.165) is 10.8 Å². The Balaban J connectivity index is 2.64. The van der Waals surface area contributed by atoms with Crippen LogP contribution in [-0.2, 0) is 10.2 Å². The standard InChI is InChI=1S/C15H16N2O6/c1-15(2,3)12-8-13(18)16(23-12)10-6-5-9(14(19)22-4)7-11(10)17(20)21/h5-8H,1-4H3. The lowest BCUT2D eigenvalue weighted by atomic mass is 9.94. The summed E-state index contributed by atoms with van der Waals surface area (Å²) in [7, 11) is 1.18. The Morgan fingerprint density at radius 2 is 1.96 bits per heavy atom. The highest BCUT2D eigenvalue weighted by Crippen LogP contribution is 2.27. The van der Waals surface area contributed by atoms with E-state index in [-0.39, 0.29) is 11.3 Å². The van der Waals surface area contributed by atoms with Gasteiger partial charge in [0.05, 0.1) is 17.6 Å². The summed E-state index contributed by atoms with van der Waals surface area (Å²) in [5.41, 5.74) is -1.42. The van der Waals surface area contributed by atoms with Crippen LogP contribution >= 0.6 is 0 Å². The van der Waals surface area contributed by atoms with E-state index in [1.807, 2.05) is 20.8 Å². The van der Waals surface area contributed by atoms with E-state index in [4.69, 9.17) is 4.52 Å². The van der Waals surface area contributed by atoms with Crippen molar-refractivity contribution in [3.8, 4) is 5.69 Å². The molecular weight excluding hydrogens is 304 g/mol. The predicted octanol–water partition coefficient (Wildman–Crippen LogP) is 2.42. The number of nitro groups is 1. The number of aromatic nitrogens is 1. The summed E-state index contributed by atoms with van der Waals surface area (Å²) in [4.78, 5) is 34.2. The number of benzene rings is 1. The van der Waals surface area contributed by atoms with E-state index in [9.17, 15) is 19.7 Å². The van der Waals surface area contributed by atoms with Gasteiger partial charge in [0.1, 0.15) is 5.76 Å². The van der Waals surface area contributed by atoms with E-state index >= 15 is 0 Å². The molecule has 0 spiro atoms. The molecule has 0 N–H and O–H groups in total. The van der Waals surface area contributed by atoms with Gasteiger partial charge in [0.2, 0.25) is 0 Å². The summed E-state index contributed by atoms with van der Waals surface area (Å²) in [6.45, 7) is 5.55. The zero-order valence-corrected chi connectivity index (χ0v) is 13.2. The normalized spacial score (nSPS) is 11.3. The van der Waals surface area contributed by atoms with Crippen molar-refractivity contribution in [3.05, 3.63) is 56.1 Å². The van der Waals surface area contributed by atoms with E-state index in [0.29, 0.717) is 5.76 Å². The van der Waals surface area contributed by atoms with Crippen molar-refractivity contribution >= 4 is 11.7 Å². The van der Waals surface area contributed by atoms with Crippen LogP contribution in [0.25, 0.3) is 5.69 Å². The number of methoxy groups -OCH3 is 1. The van der Waals surface area contributed by atoms with Gasteiger partial charge in [-0.15, -0.1) is 4.74 Å². The molecule has 2 aromatic rings. The molecule has 122 valence electrons. The van der Waals surface area contributed by atoms with Crippen molar-refractivity contribution in [3.63, 3.8) is 0 Å². The Bertz CT molecular complexity index is 825. The van der Waals surface area contributed by atoms with Gasteiger partial charge in [-0.1, -0.05) is 20.8 Å². The zero-order valence-electron chi connectivity index (χ0n) is 13.2. The van der Waals surface area contributed by atoms with E-state index in [1.165, 1.54) is 25.3 Å². The Kier molecular flexibility index (Phi) is 4.09. The summed E-state index contributed by atoms with van der Waals surface area (Å²) in [5, 5.41) is 11.3. The number of hydrogen-bond acceptors (Lipinski definition) is 6. The number of ether oxygens (including phenoxy) is 1. The Labute approximate surface area is 131 Å². The van der Waals surface area contributed by atoms with Crippen LogP contribution in [0, 0.1) is 10.1 Å². The van der Waals surface area contributed by atoms with E-state index < -0.39 is 27.6 Å². The maximum atomic E-state index is 12.1. The molecule has 0 saturated heterocycles. The lowest BCUT2D eigenvalue weighted by Crippen LogP contribution is -2.13. The van der Waals surface area contributed by atoms with Crippen LogP contribution in [0.2, 0.25) is 0 Å². The Morgan fingerprint density at radius 3 is 2.43 bits per heavy atom. The molecule has 0 atom stereocenters. The predicted molar refractivity (Wildman–Crippen MR) is 81.0 cm³/mol. The highest BCUT2D eigenvalue weighted by Gasteiger charge is 2.25. The molecule has 2 rings (SSSR count). The fourth-order valence-electron chi connectivity index (χ4n) is 1.95. The quantitative estimate of drug-likeness (QED) is 0.488. The minimum absolute atomic E-state index is 0.0126. The molecule has 0 saturated carbocycles. The Morgan fingerprint density at radius 1 is 1.30 bits per heavy atom. The van der Waals surface area contributed by atoms with Gasteiger partial charge >= 0.3 is 5.97 Å². The minimum atomic E-state index is -0.707. The molecule has 0 radical (unpaired) electrons. The summed E-state index contributed by atoms with van der Waals surface area (Å²) >= 11 is 0. The molecule has 1 heterocycles. The maximum Gasteiger partial charge on any atom is 0.338 e. The third-order valence-electron chi connectivity index (χ3n) is 3.20. The van der Waals surface area contributed by atoms with Crippen LogP contribution in [0.1, 0.15) is 36.9 Å². The molecule has 23 heavy (non-hydrogen) atoms. The average molecular weight is 320 g/mol. The number of esters is 1. The fraction of sp³-hybridized carbons (Fsp3) is 0.333. The molecule has 8 nitrogen and oxygen atoms in total. The number of hydrogen-bond donors (Lipinski definition) is 0. The number of nitro benzene ring substituents is 1. The SMILES string of the molecule is COC(=O)c1ccc(-n2oc(C(C)(C)C)cc2=O)c([N+](=O)[O-])c1. The van der Waals surface area contributed by atoms with Crippen LogP contribution in [-0.4, -0.2) is 22.7 Å². The van der Waals surface area contributed by atoms with Crippen molar-refractivity contribution in [2.24, 2.45) is 0 Å². The molecule has 1 aromatic heterocycles. The first-order valence-electron chi connectivity index (χ1n) is 6.76. The first-order chi connectivity index (χ1) is 10.6. The van der Waals surface area contributed by atoms with Gasteiger partial charge in [0.25, 0.3) is 11.2 Å². The van der Waals surface area contributed by atoms with Gasteiger partial charge in [0, 0.05) is 17.5 Å². The number of carbonyl (C=O) groups excluding carboxylic acids is 1. The van der Waals surface area contributed by atoms with Crippen molar-refractivity contribution in [2.75, 3.05) is 7.11 Å². The van der Waals surface area contributed by atoms with Crippen molar-refractivity contribution in [1.82, 2.24) is 4.74 Å². The van der Waals surface area contributed by atoms with Crippen LogP contribution in [0.3, 0.4) is 0 Å². The fourth-order valence-corrected chi connectivity index (χ4v) is 1.95. The second kappa shape index (κ2) is 5.71. The minimum Gasteiger partial charge on any atom is -0.465 e. The molecule has 8 heteroatoms. The molecule has 0 bridgehead atoms. The monoisotopic (exact) mass is 320 g/mol. The Hall–Kier alpha value is -2.90. The van der Waals surface area contributed by atoms with Gasteiger partial charge in [0.15, 0.2) is 5.69 Å². The van der Waals surface area contributed by atoms with Gasteiger partial charge in [-0.2, -0.15) is 0 Å². The number of carbonyl (C=O) groups is 1. The maximum absolute atomic E-state index is 12.1. The average Bonchev–Trinajstić information content (AvgIpc) is 2.87. The van der Waals surface area contributed by atoms with Crippen LogP contribution in [0.4, 0.5) is 5.69 Å². The summed E-state index contributed by atoms with van der Waals surface area (Å²) in [6.07, 6.45) is 0. The van der Waals surface area contributed by atoms with Crippen LogP contribution < -0.4 is 5.56 Å². The molecular formula is C15H16N2O6. The molecule has 0 aliphatic heterocycles. The van der Waals surface area contributed by atoms with Crippen molar-refractivity contribution in [2.45, 2.75) is 26.2 Å². The smallest absolute Gasteiger partial charge is 0.338 e. The first kappa shape index (κ1) is 16.5. The number of nitrogens with zero attached hydrogens (tertiary/aromatic N) is 2. The van der Waals surface area contributed by atoms with E-state index in [2.05, 4.69) is 4.74 Å². The third kappa shape index (κ3) is 3.15. The molecule has 0 fully saturated rings. The van der Waals surface area contributed by atoms with Gasteiger partial charge in [-0.3, -0.25) is 14.9 Å². The summed E-state index contributed by atoms with van der Waals surface area (Å²) in [5.74, 6) is -0.310. The summed E-state index contributed by atoms with van der Waals surface area (Å²) in [6, 6.07) is 4.95. The topological polar surface area (TPSA) is 105 Å². The lowest BCUT2D eigenvalue weighted by Gasteiger charge is -2.13. The second-order valence-electron chi connectivity index (χ2n) is 5.93. The highest BCUT2D eigenvalue weighted by atomic mass is 16.6. The van der Waals surface area contributed by atoms with Crippen LogP contribution in [0.15, 0.2) is 33.6 Å². The summed E-state index contributed by atoms with van der Waals surface area (Å²) < 4.78 is 10.8.